The second-order valence-corrected chi connectivity index (χ2v) is 6.32. The Hall–Kier alpha value is -1.81. The van der Waals surface area contributed by atoms with E-state index in [2.05, 4.69) is 22.7 Å². The zero-order valence-electron chi connectivity index (χ0n) is 17.4. The summed E-state index contributed by atoms with van der Waals surface area (Å²) >= 11 is 0. The molecule has 0 bridgehead atoms. The van der Waals surface area contributed by atoms with E-state index < -0.39 is 0 Å². The molecule has 0 amide bonds. The third-order valence-electron chi connectivity index (χ3n) is 4.26. The van der Waals surface area contributed by atoms with Crippen molar-refractivity contribution in [3.63, 3.8) is 0 Å². The molecule has 0 saturated heterocycles. The Bertz CT molecular complexity index is 761. The molecule has 2 rings (SSSR count). The molecular formula is C20H32IN5O2. The van der Waals surface area contributed by atoms with Crippen LogP contribution in [0, 0.1) is 13.8 Å². The molecule has 0 atom stereocenters. The SMILES string of the molecule is CCNC(=NCc1c(C)nn(C)c1C)Nc1cccc(OCCCOC)c1.I. The van der Waals surface area contributed by atoms with Crippen LogP contribution in [0.3, 0.4) is 0 Å². The highest BCUT2D eigenvalue weighted by molar-refractivity contribution is 14.0. The largest absolute Gasteiger partial charge is 0.493 e. The molecule has 0 radical (unpaired) electrons. The third kappa shape index (κ3) is 7.31. The van der Waals surface area contributed by atoms with Crippen LogP contribution in [0.5, 0.6) is 5.75 Å². The van der Waals surface area contributed by atoms with Crippen LogP contribution in [0.25, 0.3) is 0 Å². The number of anilines is 1. The fourth-order valence-electron chi connectivity index (χ4n) is 2.71. The number of nitrogens with one attached hydrogen (secondary N) is 2. The molecule has 1 heterocycles. The van der Waals surface area contributed by atoms with Crippen LogP contribution >= 0.6 is 24.0 Å². The Morgan fingerprint density at radius 1 is 1.25 bits per heavy atom. The van der Waals surface area contributed by atoms with E-state index >= 15 is 0 Å². The van der Waals surface area contributed by atoms with Gasteiger partial charge in [-0.15, -0.1) is 24.0 Å². The van der Waals surface area contributed by atoms with Crippen LogP contribution in [0.2, 0.25) is 0 Å². The molecule has 0 aliphatic carbocycles. The van der Waals surface area contributed by atoms with Crippen LogP contribution in [-0.2, 0) is 18.3 Å². The number of benzene rings is 1. The summed E-state index contributed by atoms with van der Waals surface area (Å²) in [6.07, 6.45) is 0.863. The Labute approximate surface area is 184 Å². The third-order valence-corrected chi connectivity index (χ3v) is 4.26. The van der Waals surface area contributed by atoms with Crippen molar-refractivity contribution in [2.75, 3.05) is 32.2 Å². The van der Waals surface area contributed by atoms with Gasteiger partial charge in [0.2, 0.25) is 0 Å². The summed E-state index contributed by atoms with van der Waals surface area (Å²) in [5.74, 6) is 1.56. The smallest absolute Gasteiger partial charge is 0.196 e. The number of hydrogen-bond donors (Lipinski definition) is 2. The van der Waals surface area contributed by atoms with Gasteiger partial charge in [0, 0.05) is 56.7 Å². The van der Waals surface area contributed by atoms with Gasteiger partial charge in [-0.25, -0.2) is 4.99 Å². The Kier molecular flexibility index (Phi) is 10.9. The number of aryl methyl sites for hydroxylation is 2. The molecule has 0 aliphatic rings. The number of ether oxygens (including phenoxy) is 2. The van der Waals surface area contributed by atoms with Crippen molar-refractivity contribution in [1.29, 1.82) is 0 Å². The van der Waals surface area contributed by atoms with Gasteiger partial charge >= 0.3 is 0 Å². The maximum absolute atomic E-state index is 5.76. The Balaban J connectivity index is 0.00000392. The van der Waals surface area contributed by atoms with Gasteiger partial charge in [0.1, 0.15) is 5.75 Å². The molecule has 8 heteroatoms. The molecule has 0 unspecified atom stereocenters. The van der Waals surface area contributed by atoms with Crippen molar-refractivity contribution < 1.29 is 9.47 Å². The zero-order chi connectivity index (χ0) is 19.6. The summed E-state index contributed by atoms with van der Waals surface area (Å²) in [7, 11) is 3.65. The summed E-state index contributed by atoms with van der Waals surface area (Å²) in [6, 6.07) is 7.88. The van der Waals surface area contributed by atoms with E-state index in [1.54, 1.807) is 7.11 Å². The normalized spacial score (nSPS) is 11.1. The molecular weight excluding hydrogens is 469 g/mol. The highest BCUT2D eigenvalue weighted by Crippen LogP contribution is 2.18. The monoisotopic (exact) mass is 501 g/mol. The summed E-state index contributed by atoms with van der Waals surface area (Å²) in [5, 5.41) is 11.1. The number of halogens is 1. The maximum atomic E-state index is 5.76. The van der Waals surface area contributed by atoms with E-state index in [0.717, 1.165) is 47.3 Å². The summed E-state index contributed by atoms with van der Waals surface area (Å²) in [5.41, 5.74) is 4.24. The summed E-state index contributed by atoms with van der Waals surface area (Å²) in [6.45, 7) is 8.82. The highest BCUT2D eigenvalue weighted by Gasteiger charge is 2.09. The summed E-state index contributed by atoms with van der Waals surface area (Å²) in [4.78, 5) is 4.71. The lowest BCUT2D eigenvalue weighted by Crippen LogP contribution is -2.30. The van der Waals surface area contributed by atoms with Gasteiger partial charge in [-0.05, 0) is 32.9 Å². The first-order valence-electron chi connectivity index (χ1n) is 9.31. The van der Waals surface area contributed by atoms with Gasteiger partial charge < -0.3 is 20.1 Å². The lowest BCUT2D eigenvalue weighted by Gasteiger charge is -2.13. The van der Waals surface area contributed by atoms with Gasteiger partial charge in [-0.2, -0.15) is 5.10 Å². The van der Waals surface area contributed by atoms with Crippen molar-refractivity contribution in [1.82, 2.24) is 15.1 Å². The predicted octanol–water partition coefficient (Wildman–Crippen LogP) is 3.65. The van der Waals surface area contributed by atoms with Crippen molar-refractivity contribution >= 4 is 35.6 Å². The van der Waals surface area contributed by atoms with Gasteiger partial charge in [0.25, 0.3) is 0 Å². The van der Waals surface area contributed by atoms with E-state index in [-0.39, 0.29) is 24.0 Å². The van der Waals surface area contributed by atoms with Gasteiger partial charge in [-0.3, -0.25) is 4.68 Å². The number of methoxy groups -OCH3 is 1. The van der Waals surface area contributed by atoms with Crippen molar-refractivity contribution in [2.45, 2.75) is 33.7 Å². The molecule has 0 saturated carbocycles. The number of nitrogens with zero attached hydrogens (tertiary/aromatic N) is 3. The lowest BCUT2D eigenvalue weighted by molar-refractivity contribution is 0.172. The summed E-state index contributed by atoms with van der Waals surface area (Å²) < 4.78 is 12.7. The standard InChI is InChI=1S/C20H31N5O2.HI/c1-6-21-20(22-14-19-15(2)24-25(4)16(19)3)23-17-9-7-10-18(13-17)27-12-8-11-26-5;/h7,9-10,13H,6,8,11-12,14H2,1-5H3,(H2,21,22,23);1H. The van der Waals surface area contributed by atoms with Crippen molar-refractivity contribution in [3.8, 4) is 5.75 Å². The molecule has 0 spiro atoms. The lowest BCUT2D eigenvalue weighted by atomic mass is 10.2. The molecule has 2 aromatic rings. The second-order valence-electron chi connectivity index (χ2n) is 6.32. The minimum Gasteiger partial charge on any atom is -0.493 e. The number of rotatable bonds is 9. The predicted molar refractivity (Wildman–Crippen MR) is 125 cm³/mol. The van der Waals surface area contributed by atoms with E-state index in [9.17, 15) is 0 Å². The number of guanidine groups is 1. The zero-order valence-corrected chi connectivity index (χ0v) is 19.7. The van der Waals surface area contributed by atoms with Gasteiger partial charge in [0.15, 0.2) is 5.96 Å². The average molecular weight is 501 g/mol. The van der Waals surface area contributed by atoms with Crippen LogP contribution in [0.4, 0.5) is 5.69 Å². The van der Waals surface area contributed by atoms with Crippen LogP contribution in [0.1, 0.15) is 30.3 Å². The fourth-order valence-corrected chi connectivity index (χ4v) is 2.71. The fraction of sp³-hybridized carbons (Fsp3) is 0.500. The Morgan fingerprint density at radius 3 is 2.68 bits per heavy atom. The van der Waals surface area contributed by atoms with E-state index in [1.165, 1.54) is 0 Å². The first kappa shape index (κ1) is 24.2. The van der Waals surface area contributed by atoms with Gasteiger partial charge in [0.05, 0.1) is 18.8 Å². The number of aromatic nitrogens is 2. The number of hydrogen-bond acceptors (Lipinski definition) is 4. The van der Waals surface area contributed by atoms with Crippen LogP contribution in [-0.4, -0.2) is 42.6 Å². The first-order chi connectivity index (χ1) is 13.0. The molecule has 1 aromatic heterocycles. The van der Waals surface area contributed by atoms with Crippen molar-refractivity contribution in [3.05, 3.63) is 41.2 Å². The van der Waals surface area contributed by atoms with E-state index in [1.807, 2.05) is 49.8 Å². The molecule has 28 heavy (non-hydrogen) atoms. The maximum Gasteiger partial charge on any atom is 0.196 e. The van der Waals surface area contributed by atoms with E-state index in [0.29, 0.717) is 19.8 Å². The highest BCUT2D eigenvalue weighted by atomic mass is 127. The molecule has 156 valence electrons. The minimum absolute atomic E-state index is 0. The molecule has 2 N–H and O–H groups in total. The van der Waals surface area contributed by atoms with E-state index in [4.69, 9.17) is 14.5 Å². The Morgan fingerprint density at radius 2 is 2.04 bits per heavy atom. The first-order valence-corrected chi connectivity index (χ1v) is 9.31. The number of aliphatic imine (C=N–C) groups is 1. The van der Waals surface area contributed by atoms with Crippen LogP contribution < -0.4 is 15.4 Å². The molecule has 0 fully saturated rings. The second kappa shape index (κ2) is 12.6. The molecule has 7 nitrogen and oxygen atoms in total. The topological polar surface area (TPSA) is 72.7 Å². The van der Waals surface area contributed by atoms with Crippen LogP contribution in [0.15, 0.2) is 29.3 Å². The minimum atomic E-state index is 0. The average Bonchev–Trinajstić information content (AvgIpc) is 2.89. The van der Waals surface area contributed by atoms with Crippen molar-refractivity contribution in [2.24, 2.45) is 12.0 Å². The quantitative estimate of drug-likeness (QED) is 0.238. The van der Waals surface area contributed by atoms with Gasteiger partial charge in [-0.1, -0.05) is 6.07 Å². The molecule has 1 aromatic carbocycles. The molecule has 0 aliphatic heterocycles.